The Bertz CT molecular complexity index is 428. The third kappa shape index (κ3) is 1.74. The standard InChI is InChI=1S/C10H8ClNOS/c1-13-9-6-7(11)2-3-8(9)10-12-4-5-14-10/h2-6H,1H3. The van der Waals surface area contributed by atoms with Crippen LogP contribution in [-0.2, 0) is 0 Å². The number of nitrogens with zero attached hydrogens (tertiary/aromatic N) is 1. The Morgan fingerprint density at radius 1 is 1.43 bits per heavy atom. The second-order valence-corrected chi connectivity index (χ2v) is 4.01. The molecule has 0 saturated heterocycles. The van der Waals surface area contributed by atoms with Gasteiger partial charge in [-0.2, -0.15) is 0 Å². The van der Waals surface area contributed by atoms with E-state index in [0.29, 0.717) is 5.02 Å². The Morgan fingerprint density at radius 2 is 2.29 bits per heavy atom. The van der Waals surface area contributed by atoms with Gasteiger partial charge in [0, 0.05) is 16.6 Å². The van der Waals surface area contributed by atoms with Crippen LogP contribution in [0.3, 0.4) is 0 Å². The second-order valence-electron chi connectivity index (χ2n) is 2.68. The molecule has 0 aliphatic rings. The molecule has 2 nitrogen and oxygen atoms in total. The molecule has 0 aliphatic carbocycles. The van der Waals surface area contributed by atoms with Crippen molar-refractivity contribution < 1.29 is 4.74 Å². The number of benzene rings is 1. The highest BCUT2D eigenvalue weighted by Crippen LogP contribution is 2.33. The first-order valence-electron chi connectivity index (χ1n) is 4.04. The van der Waals surface area contributed by atoms with Crippen molar-refractivity contribution in [2.24, 2.45) is 0 Å². The van der Waals surface area contributed by atoms with Gasteiger partial charge in [-0.3, -0.25) is 0 Å². The number of ether oxygens (including phenoxy) is 1. The number of aromatic nitrogens is 1. The highest BCUT2D eigenvalue weighted by Gasteiger charge is 2.07. The van der Waals surface area contributed by atoms with E-state index in [1.54, 1.807) is 30.7 Å². The van der Waals surface area contributed by atoms with Crippen LogP contribution in [0.4, 0.5) is 0 Å². The summed E-state index contributed by atoms with van der Waals surface area (Å²) in [5.74, 6) is 0.757. The van der Waals surface area contributed by atoms with E-state index >= 15 is 0 Å². The first-order valence-corrected chi connectivity index (χ1v) is 5.30. The molecule has 2 aromatic rings. The molecule has 0 saturated carbocycles. The summed E-state index contributed by atoms with van der Waals surface area (Å²) < 4.78 is 5.23. The second kappa shape index (κ2) is 3.98. The molecule has 1 aromatic heterocycles. The van der Waals surface area contributed by atoms with Gasteiger partial charge in [-0.1, -0.05) is 11.6 Å². The lowest BCUT2D eigenvalue weighted by Crippen LogP contribution is -1.86. The van der Waals surface area contributed by atoms with Gasteiger partial charge in [0.05, 0.1) is 12.7 Å². The van der Waals surface area contributed by atoms with E-state index in [4.69, 9.17) is 16.3 Å². The zero-order valence-corrected chi connectivity index (χ0v) is 9.10. The minimum atomic E-state index is 0.669. The third-order valence-electron chi connectivity index (χ3n) is 1.83. The molecule has 0 N–H and O–H groups in total. The number of hydrogen-bond donors (Lipinski definition) is 0. The molecule has 1 aromatic carbocycles. The van der Waals surface area contributed by atoms with E-state index in [1.807, 2.05) is 17.5 Å². The van der Waals surface area contributed by atoms with Gasteiger partial charge in [-0.05, 0) is 18.2 Å². The van der Waals surface area contributed by atoms with Crippen LogP contribution in [0.25, 0.3) is 10.6 Å². The summed E-state index contributed by atoms with van der Waals surface area (Å²) in [5, 5.41) is 3.55. The molecule has 0 radical (unpaired) electrons. The summed E-state index contributed by atoms with van der Waals surface area (Å²) in [6.07, 6.45) is 1.77. The van der Waals surface area contributed by atoms with Crippen molar-refractivity contribution in [2.75, 3.05) is 7.11 Å². The summed E-state index contributed by atoms with van der Waals surface area (Å²) in [5.41, 5.74) is 0.979. The van der Waals surface area contributed by atoms with Crippen molar-refractivity contribution >= 4 is 22.9 Å². The molecule has 14 heavy (non-hydrogen) atoms. The Balaban J connectivity index is 2.53. The molecule has 0 bridgehead atoms. The average molecular weight is 226 g/mol. The van der Waals surface area contributed by atoms with Crippen LogP contribution in [0.5, 0.6) is 5.75 Å². The van der Waals surface area contributed by atoms with Crippen LogP contribution < -0.4 is 4.74 Å². The quantitative estimate of drug-likeness (QED) is 0.781. The Kier molecular flexibility index (Phi) is 2.70. The van der Waals surface area contributed by atoms with E-state index in [1.165, 1.54) is 0 Å². The fraction of sp³-hybridized carbons (Fsp3) is 0.100. The van der Waals surface area contributed by atoms with E-state index < -0.39 is 0 Å². The molecule has 0 aliphatic heterocycles. The Labute approximate surface area is 91.1 Å². The van der Waals surface area contributed by atoms with Gasteiger partial charge < -0.3 is 4.74 Å². The maximum Gasteiger partial charge on any atom is 0.130 e. The lowest BCUT2D eigenvalue weighted by atomic mass is 10.2. The van der Waals surface area contributed by atoms with Gasteiger partial charge in [0.15, 0.2) is 0 Å². The summed E-state index contributed by atoms with van der Waals surface area (Å²) in [6.45, 7) is 0. The van der Waals surface area contributed by atoms with Crippen molar-refractivity contribution in [1.29, 1.82) is 0 Å². The highest BCUT2D eigenvalue weighted by molar-refractivity contribution is 7.13. The van der Waals surface area contributed by atoms with Crippen LogP contribution in [0, 0.1) is 0 Å². The number of methoxy groups -OCH3 is 1. The molecule has 0 atom stereocenters. The topological polar surface area (TPSA) is 22.1 Å². The van der Waals surface area contributed by atoms with Gasteiger partial charge in [-0.25, -0.2) is 4.98 Å². The summed E-state index contributed by atoms with van der Waals surface area (Å²) in [7, 11) is 1.63. The number of rotatable bonds is 2. The van der Waals surface area contributed by atoms with E-state index in [9.17, 15) is 0 Å². The van der Waals surface area contributed by atoms with Crippen LogP contribution in [0.1, 0.15) is 0 Å². The molecular formula is C10H8ClNOS. The number of thiazole rings is 1. The number of halogens is 1. The fourth-order valence-electron chi connectivity index (χ4n) is 1.20. The van der Waals surface area contributed by atoms with Crippen LogP contribution in [-0.4, -0.2) is 12.1 Å². The summed E-state index contributed by atoms with van der Waals surface area (Å²) >= 11 is 7.44. The summed E-state index contributed by atoms with van der Waals surface area (Å²) in [4.78, 5) is 4.22. The molecule has 0 spiro atoms. The van der Waals surface area contributed by atoms with Crippen molar-refractivity contribution in [2.45, 2.75) is 0 Å². The highest BCUT2D eigenvalue weighted by atomic mass is 35.5. The van der Waals surface area contributed by atoms with Crippen molar-refractivity contribution in [3.63, 3.8) is 0 Å². The lowest BCUT2D eigenvalue weighted by molar-refractivity contribution is 0.416. The minimum absolute atomic E-state index is 0.669. The molecular weight excluding hydrogens is 218 g/mol. The fourth-order valence-corrected chi connectivity index (χ4v) is 2.03. The maximum absolute atomic E-state index is 5.86. The third-order valence-corrected chi connectivity index (χ3v) is 2.87. The summed E-state index contributed by atoms with van der Waals surface area (Å²) in [6, 6.07) is 5.54. The van der Waals surface area contributed by atoms with Gasteiger partial charge >= 0.3 is 0 Å². The van der Waals surface area contributed by atoms with Crippen LogP contribution in [0.2, 0.25) is 5.02 Å². The minimum Gasteiger partial charge on any atom is -0.496 e. The molecule has 0 unspecified atom stereocenters. The predicted octanol–water partition coefficient (Wildman–Crippen LogP) is 3.47. The van der Waals surface area contributed by atoms with Gasteiger partial charge in [0.2, 0.25) is 0 Å². The van der Waals surface area contributed by atoms with Gasteiger partial charge in [0.25, 0.3) is 0 Å². The first kappa shape index (κ1) is 9.49. The molecule has 0 amide bonds. The van der Waals surface area contributed by atoms with Crippen LogP contribution in [0.15, 0.2) is 29.8 Å². The van der Waals surface area contributed by atoms with Gasteiger partial charge in [0.1, 0.15) is 10.8 Å². The van der Waals surface area contributed by atoms with Crippen LogP contribution >= 0.6 is 22.9 Å². The normalized spacial score (nSPS) is 10.1. The molecule has 72 valence electrons. The molecule has 1 heterocycles. The van der Waals surface area contributed by atoms with E-state index in [-0.39, 0.29) is 0 Å². The average Bonchev–Trinajstić information content (AvgIpc) is 2.70. The smallest absolute Gasteiger partial charge is 0.130 e. The lowest BCUT2D eigenvalue weighted by Gasteiger charge is -2.05. The Hall–Kier alpha value is -1.06. The van der Waals surface area contributed by atoms with Crippen molar-refractivity contribution in [1.82, 2.24) is 4.98 Å². The molecule has 4 heteroatoms. The first-order chi connectivity index (χ1) is 6.81. The zero-order chi connectivity index (χ0) is 9.97. The van der Waals surface area contributed by atoms with E-state index in [2.05, 4.69) is 4.98 Å². The molecule has 0 fully saturated rings. The van der Waals surface area contributed by atoms with Gasteiger partial charge in [-0.15, -0.1) is 11.3 Å². The predicted molar refractivity (Wildman–Crippen MR) is 59.1 cm³/mol. The molecule has 2 rings (SSSR count). The van der Waals surface area contributed by atoms with E-state index in [0.717, 1.165) is 16.3 Å². The maximum atomic E-state index is 5.86. The van der Waals surface area contributed by atoms with Crippen molar-refractivity contribution in [3.05, 3.63) is 34.8 Å². The zero-order valence-electron chi connectivity index (χ0n) is 7.53. The largest absolute Gasteiger partial charge is 0.496 e. The number of hydrogen-bond acceptors (Lipinski definition) is 3. The SMILES string of the molecule is COc1cc(Cl)ccc1-c1nccs1. The Morgan fingerprint density at radius 3 is 2.93 bits per heavy atom. The monoisotopic (exact) mass is 225 g/mol. The van der Waals surface area contributed by atoms with Crippen molar-refractivity contribution in [3.8, 4) is 16.3 Å².